The fourth-order valence-corrected chi connectivity index (χ4v) is 4.43. The number of anilines is 1. The summed E-state index contributed by atoms with van der Waals surface area (Å²) in [5, 5.41) is 4.95. The molecule has 7 heteroatoms. The van der Waals surface area contributed by atoms with E-state index in [2.05, 4.69) is 29.5 Å². The van der Waals surface area contributed by atoms with Gasteiger partial charge in [-0.15, -0.1) is 0 Å². The lowest BCUT2D eigenvalue weighted by atomic mass is 9.83. The van der Waals surface area contributed by atoms with Gasteiger partial charge in [-0.3, -0.25) is 14.5 Å². The summed E-state index contributed by atoms with van der Waals surface area (Å²) in [4.78, 5) is 30.7. The monoisotopic (exact) mass is 371 g/mol. The van der Waals surface area contributed by atoms with Crippen LogP contribution in [0.5, 0.6) is 0 Å². The Morgan fingerprint density at radius 2 is 1.81 bits per heavy atom. The number of rotatable bonds is 3. The molecule has 7 nitrogen and oxygen atoms in total. The zero-order valence-corrected chi connectivity index (χ0v) is 16.1. The number of hydrazine groups is 1. The highest BCUT2D eigenvalue weighted by molar-refractivity contribution is 5.98. The van der Waals surface area contributed by atoms with Crippen LogP contribution in [0.1, 0.15) is 13.8 Å². The number of amides is 2. The van der Waals surface area contributed by atoms with Crippen LogP contribution in [0.3, 0.4) is 0 Å². The first-order valence-electron chi connectivity index (χ1n) is 9.95. The van der Waals surface area contributed by atoms with E-state index in [0.29, 0.717) is 19.1 Å². The minimum absolute atomic E-state index is 0.0645. The number of nitrogens with zero attached hydrogens (tertiary/aromatic N) is 3. The lowest BCUT2D eigenvalue weighted by Crippen LogP contribution is -2.60. The van der Waals surface area contributed by atoms with Gasteiger partial charge in [-0.2, -0.15) is 0 Å². The number of piperidine rings is 1. The molecule has 3 heterocycles. The number of likely N-dealkylation sites (tertiary alicyclic amines) is 1. The first-order valence-corrected chi connectivity index (χ1v) is 9.95. The molecule has 1 aromatic rings. The zero-order chi connectivity index (χ0) is 19.0. The summed E-state index contributed by atoms with van der Waals surface area (Å²) in [5.74, 6) is -0.165. The van der Waals surface area contributed by atoms with Crippen molar-refractivity contribution in [2.45, 2.75) is 25.9 Å². The van der Waals surface area contributed by atoms with E-state index in [4.69, 9.17) is 0 Å². The van der Waals surface area contributed by atoms with Gasteiger partial charge in [-0.25, -0.2) is 10.4 Å². The second-order valence-corrected chi connectivity index (χ2v) is 8.00. The van der Waals surface area contributed by atoms with Crippen molar-refractivity contribution in [3.8, 4) is 0 Å². The highest BCUT2D eigenvalue weighted by atomic mass is 16.2. The van der Waals surface area contributed by atoms with E-state index in [1.54, 1.807) is 5.01 Å². The second kappa shape index (κ2) is 7.58. The van der Waals surface area contributed by atoms with E-state index in [-0.39, 0.29) is 29.7 Å². The van der Waals surface area contributed by atoms with E-state index < -0.39 is 0 Å². The number of carbonyl (C=O) groups excluding carboxylic acids is 2. The highest BCUT2D eigenvalue weighted by Gasteiger charge is 2.51. The largest absolute Gasteiger partial charge is 0.340 e. The van der Waals surface area contributed by atoms with Gasteiger partial charge in [-0.05, 0) is 26.0 Å². The van der Waals surface area contributed by atoms with Gasteiger partial charge in [0, 0.05) is 45.3 Å². The minimum atomic E-state index is -0.207. The van der Waals surface area contributed by atoms with E-state index in [1.165, 1.54) is 0 Å². The van der Waals surface area contributed by atoms with Crippen LogP contribution in [0, 0.1) is 11.8 Å². The highest BCUT2D eigenvalue weighted by Crippen LogP contribution is 2.33. The van der Waals surface area contributed by atoms with E-state index in [9.17, 15) is 9.59 Å². The molecule has 27 heavy (non-hydrogen) atoms. The predicted molar refractivity (Wildman–Crippen MR) is 104 cm³/mol. The second-order valence-electron chi connectivity index (χ2n) is 8.00. The number of para-hydroxylation sites is 1. The minimum Gasteiger partial charge on any atom is -0.340 e. The standard InChI is InChI=1S/C20H29N5O2/c1-14(2)24-12-16(19(26)23-10-8-21-9-11-23)18-17(13-24)20(27)25(22-18)15-6-4-3-5-7-15/h3-7,14,16-18,21-22H,8-13H2,1-2H3. The number of hydrogen-bond acceptors (Lipinski definition) is 5. The molecule has 2 N–H and O–H groups in total. The summed E-state index contributed by atoms with van der Waals surface area (Å²) in [5.41, 5.74) is 4.22. The van der Waals surface area contributed by atoms with Crippen molar-refractivity contribution in [1.82, 2.24) is 20.5 Å². The van der Waals surface area contributed by atoms with Gasteiger partial charge in [0.15, 0.2) is 0 Å². The van der Waals surface area contributed by atoms with Crippen molar-refractivity contribution in [2.24, 2.45) is 11.8 Å². The molecule has 146 valence electrons. The Labute approximate surface area is 160 Å². The SMILES string of the molecule is CC(C)N1CC(C(=O)N2CCNCC2)C2NN(c3ccccc3)C(=O)C2C1. The first kappa shape index (κ1) is 18.4. The molecular weight excluding hydrogens is 342 g/mol. The van der Waals surface area contributed by atoms with Gasteiger partial charge in [0.1, 0.15) is 0 Å². The van der Waals surface area contributed by atoms with E-state index in [1.807, 2.05) is 35.2 Å². The van der Waals surface area contributed by atoms with Gasteiger partial charge in [0.05, 0.1) is 23.6 Å². The van der Waals surface area contributed by atoms with Crippen LogP contribution in [0.2, 0.25) is 0 Å². The predicted octanol–water partition coefficient (Wildman–Crippen LogP) is 0.295. The number of fused-ring (bicyclic) bond motifs is 1. The maximum absolute atomic E-state index is 13.3. The lowest BCUT2D eigenvalue weighted by molar-refractivity contribution is -0.140. The van der Waals surface area contributed by atoms with Gasteiger partial charge in [-0.1, -0.05) is 18.2 Å². The Hall–Kier alpha value is -1.96. The Bertz CT molecular complexity index is 689. The summed E-state index contributed by atoms with van der Waals surface area (Å²) in [6.07, 6.45) is 0. The van der Waals surface area contributed by atoms with Crippen LogP contribution in [0.15, 0.2) is 30.3 Å². The quantitative estimate of drug-likeness (QED) is 0.800. The average Bonchev–Trinajstić information content (AvgIpc) is 3.05. The third-order valence-electron chi connectivity index (χ3n) is 6.04. The van der Waals surface area contributed by atoms with Crippen LogP contribution in [0.25, 0.3) is 0 Å². The molecule has 3 fully saturated rings. The van der Waals surface area contributed by atoms with Crippen LogP contribution < -0.4 is 15.8 Å². The summed E-state index contributed by atoms with van der Waals surface area (Å²) in [6, 6.07) is 9.81. The Kier molecular flexibility index (Phi) is 5.16. The van der Waals surface area contributed by atoms with Crippen LogP contribution in [-0.4, -0.2) is 73.0 Å². The number of carbonyl (C=O) groups is 2. The van der Waals surface area contributed by atoms with Crippen molar-refractivity contribution in [1.29, 1.82) is 0 Å². The van der Waals surface area contributed by atoms with Crippen molar-refractivity contribution in [2.75, 3.05) is 44.3 Å². The summed E-state index contributed by atoms with van der Waals surface area (Å²) in [6.45, 7) is 8.82. The average molecular weight is 371 g/mol. The van der Waals surface area contributed by atoms with Gasteiger partial charge >= 0.3 is 0 Å². The van der Waals surface area contributed by atoms with Gasteiger partial charge < -0.3 is 10.2 Å². The molecule has 3 aliphatic rings. The molecule has 0 aliphatic carbocycles. The molecule has 3 saturated heterocycles. The Morgan fingerprint density at radius 3 is 2.48 bits per heavy atom. The Balaban J connectivity index is 1.60. The smallest absolute Gasteiger partial charge is 0.247 e. The molecule has 0 saturated carbocycles. The molecule has 0 spiro atoms. The van der Waals surface area contributed by atoms with E-state index in [0.717, 1.165) is 31.9 Å². The third-order valence-corrected chi connectivity index (χ3v) is 6.04. The van der Waals surface area contributed by atoms with Gasteiger partial charge in [0.2, 0.25) is 11.8 Å². The molecule has 1 aromatic carbocycles. The fraction of sp³-hybridized carbons (Fsp3) is 0.600. The molecule has 3 unspecified atom stereocenters. The summed E-state index contributed by atoms with van der Waals surface area (Å²) in [7, 11) is 0. The first-order chi connectivity index (χ1) is 13.1. The maximum Gasteiger partial charge on any atom is 0.247 e. The number of hydrogen-bond donors (Lipinski definition) is 2. The summed E-state index contributed by atoms with van der Waals surface area (Å²) < 4.78 is 0. The molecule has 3 atom stereocenters. The molecule has 0 bridgehead atoms. The fourth-order valence-electron chi connectivity index (χ4n) is 4.43. The van der Waals surface area contributed by atoms with Crippen molar-refractivity contribution < 1.29 is 9.59 Å². The number of nitrogens with one attached hydrogen (secondary N) is 2. The molecular formula is C20H29N5O2. The molecule has 2 amide bonds. The molecule has 0 aromatic heterocycles. The summed E-state index contributed by atoms with van der Waals surface area (Å²) >= 11 is 0. The van der Waals surface area contributed by atoms with Gasteiger partial charge in [0.25, 0.3) is 0 Å². The van der Waals surface area contributed by atoms with Crippen LogP contribution in [0.4, 0.5) is 5.69 Å². The molecule has 0 radical (unpaired) electrons. The maximum atomic E-state index is 13.3. The van der Waals surface area contributed by atoms with Crippen LogP contribution in [-0.2, 0) is 9.59 Å². The number of benzene rings is 1. The normalized spacial score (nSPS) is 29.3. The Morgan fingerprint density at radius 1 is 1.11 bits per heavy atom. The number of piperazine rings is 1. The molecule has 4 rings (SSSR count). The van der Waals surface area contributed by atoms with Crippen LogP contribution >= 0.6 is 0 Å². The van der Waals surface area contributed by atoms with Crippen molar-refractivity contribution in [3.05, 3.63) is 30.3 Å². The van der Waals surface area contributed by atoms with Crippen molar-refractivity contribution in [3.63, 3.8) is 0 Å². The van der Waals surface area contributed by atoms with E-state index >= 15 is 0 Å². The van der Waals surface area contributed by atoms with Crippen molar-refractivity contribution >= 4 is 17.5 Å². The molecule has 3 aliphatic heterocycles. The topological polar surface area (TPSA) is 67.9 Å². The zero-order valence-electron chi connectivity index (χ0n) is 16.1. The lowest BCUT2D eigenvalue weighted by Gasteiger charge is -2.42. The third kappa shape index (κ3) is 3.47.